The molecule has 7 nitrogen and oxygen atoms in total. The van der Waals surface area contributed by atoms with Gasteiger partial charge >= 0.3 is 0 Å². The molecule has 28 heavy (non-hydrogen) atoms. The minimum absolute atomic E-state index is 0.105. The molecular weight excluding hydrogens is 352 g/mol. The molecule has 3 saturated heterocycles. The van der Waals surface area contributed by atoms with E-state index in [2.05, 4.69) is 37.6 Å². The molecule has 0 saturated carbocycles. The van der Waals surface area contributed by atoms with Gasteiger partial charge in [0.2, 0.25) is 5.91 Å². The fraction of sp³-hybridized carbons (Fsp3) is 0.571. The highest BCUT2D eigenvalue weighted by atomic mass is 16.1. The van der Waals surface area contributed by atoms with Crippen LogP contribution in [-0.4, -0.2) is 63.9 Å². The largest absolute Gasteiger partial charge is 0.352 e. The molecule has 3 fully saturated rings. The number of aromatic nitrogens is 3. The van der Waals surface area contributed by atoms with Gasteiger partial charge in [0.25, 0.3) is 0 Å². The minimum Gasteiger partial charge on any atom is -0.352 e. The molecule has 0 aliphatic carbocycles. The summed E-state index contributed by atoms with van der Waals surface area (Å²) in [5.41, 5.74) is 2.15. The summed E-state index contributed by atoms with van der Waals surface area (Å²) in [6.45, 7) is 4.21. The van der Waals surface area contributed by atoms with Crippen LogP contribution in [-0.2, 0) is 24.4 Å². The van der Waals surface area contributed by atoms with Crippen molar-refractivity contribution in [3.8, 4) is 0 Å². The van der Waals surface area contributed by atoms with Crippen LogP contribution < -0.4 is 5.32 Å². The molecule has 150 valence electrons. The molecule has 0 radical (unpaired) electrons. The lowest BCUT2D eigenvalue weighted by Crippen LogP contribution is -2.58. The monoisotopic (exact) mass is 382 g/mol. The number of amides is 1. The molecular formula is C21H30N6O. The molecule has 3 aliphatic rings. The Bertz CT molecular complexity index is 789. The molecule has 3 aliphatic heterocycles. The number of piperidine rings is 3. The Kier molecular flexibility index (Phi) is 5.73. The maximum Gasteiger partial charge on any atom is 0.224 e. The SMILES string of the molecule is CN(C)Cc1cn(CC2CC3CCN2CC3C(=O)NCc2ccccc2)nn1. The van der Waals surface area contributed by atoms with Crippen LogP contribution in [0.4, 0.5) is 0 Å². The summed E-state index contributed by atoms with van der Waals surface area (Å²) in [6, 6.07) is 10.6. The Hall–Kier alpha value is -2.25. The number of carbonyl (C=O) groups is 1. The number of hydrogen-bond acceptors (Lipinski definition) is 5. The van der Waals surface area contributed by atoms with E-state index in [1.54, 1.807) is 0 Å². The van der Waals surface area contributed by atoms with Crippen LogP contribution in [0, 0.1) is 11.8 Å². The third-order valence-corrected chi connectivity index (χ3v) is 5.99. The molecule has 7 heteroatoms. The van der Waals surface area contributed by atoms with E-state index in [4.69, 9.17) is 0 Å². The van der Waals surface area contributed by atoms with E-state index in [1.165, 1.54) is 0 Å². The summed E-state index contributed by atoms with van der Waals surface area (Å²) in [5.74, 6) is 0.773. The number of nitrogens with zero attached hydrogens (tertiary/aromatic N) is 5. The number of carbonyl (C=O) groups excluding carboxylic acids is 1. The van der Waals surface area contributed by atoms with Crippen LogP contribution in [0.1, 0.15) is 24.1 Å². The number of rotatable bonds is 7. The minimum atomic E-state index is 0.105. The van der Waals surface area contributed by atoms with Crippen molar-refractivity contribution in [2.45, 2.75) is 38.5 Å². The highest BCUT2D eigenvalue weighted by molar-refractivity contribution is 5.79. The van der Waals surface area contributed by atoms with E-state index in [0.717, 1.165) is 50.3 Å². The first-order valence-electron chi connectivity index (χ1n) is 10.2. The van der Waals surface area contributed by atoms with Crippen LogP contribution in [0.5, 0.6) is 0 Å². The highest BCUT2D eigenvalue weighted by Gasteiger charge is 2.43. The third-order valence-electron chi connectivity index (χ3n) is 5.99. The van der Waals surface area contributed by atoms with Crippen LogP contribution in [0.2, 0.25) is 0 Å². The molecule has 2 aromatic rings. The average molecular weight is 383 g/mol. The van der Waals surface area contributed by atoms with Gasteiger partial charge in [0.15, 0.2) is 0 Å². The molecule has 1 amide bonds. The second kappa shape index (κ2) is 8.41. The van der Waals surface area contributed by atoms with E-state index >= 15 is 0 Å². The summed E-state index contributed by atoms with van der Waals surface area (Å²) in [7, 11) is 4.07. The van der Waals surface area contributed by atoms with Crippen molar-refractivity contribution in [3.63, 3.8) is 0 Å². The molecule has 5 rings (SSSR count). The van der Waals surface area contributed by atoms with E-state index in [9.17, 15) is 4.79 Å². The van der Waals surface area contributed by atoms with Gasteiger partial charge in [-0.15, -0.1) is 5.10 Å². The fourth-order valence-corrected chi connectivity index (χ4v) is 4.58. The second-order valence-electron chi connectivity index (χ2n) is 8.41. The van der Waals surface area contributed by atoms with Crippen molar-refractivity contribution in [2.24, 2.45) is 11.8 Å². The smallest absolute Gasteiger partial charge is 0.224 e. The van der Waals surface area contributed by atoms with Crippen molar-refractivity contribution < 1.29 is 4.79 Å². The standard InChI is InChI=1S/C21H30N6O/c1-25(2)12-18-13-27(24-23-18)14-19-10-17-8-9-26(19)15-20(17)21(28)22-11-16-6-4-3-5-7-16/h3-7,13,17,19-20H,8-12,14-15H2,1-2H3,(H,22,28). The predicted molar refractivity (Wildman–Crippen MR) is 107 cm³/mol. The number of benzene rings is 1. The van der Waals surface area contributed by atoms with E-state index in [1.807, 2.05) is 43.2 Å². The first-order chi connectivity index (χ1) is 13.6. The normalized spacial score (nSPS) is 26.5. The molecule has 1 aromatic carbocycles. The van der Waals surface area contributed by atoms with Crippen molar-refractivity contribution >= 4 is 5.91 Å². The summed E-state index contributed by atoms with van der Waals surface area (Å²) in [5, 5.41) is 11.7. The summed E-state index contributed by atoms with van der Waals surface area (Å²) in [4.78, 5) is 17.3. The Morgan fingerprint density at radius 1 is 1.29 bits per heavy atom. The van der Waals surface area contributed by atoms with Gasteiger partial charge in [-0.05, 0) is 45.0 Å². The lowest BCUT2D eigenvalue weighted by Gasteiger charge is -2.49. The van der Waals surface area contributed by atoms with Crippen molar-refractivity contribution in [2.75, 3.05) is 27.2 Å². The van der Waals surface area contributed by atoms with Crippen molar-refractivity contribution in [1.82, 2.24) is 30.1 Å². The third kappa shape index (κ3) is 4.42. The zero-order valence-electron chi connectivity index (χ0n) is 16.8. The highest BCUT2D eigenvalue weighted by Crippen LogP contribution is 2.37. The first-order valence-corrected chi connectivity index (χ1v) is 10.2. The van der Waals surface area contributed by atoms with Crippen LogP contribution in [0.25, 0.3) is 0 Å². The van der Waals surface area contributed by atoms with Gasteiger partial charge in [-0.25, -0.2) is 0 Å². The van der Waals surface area contributed by atoms with Crippen molar-refractivity contribution in [3.05, 3.63) is 47.8 Å². The van der Waals surface area contributed by atoms with E-state index in [0.29, 0.717) is 18.5 Å². The van der Waals surface area contributed by atoms with Crippen molar-refractivity contribution in [1.29, 1.82) is 0 Å². The fourth-order valence-electron chi connectivity index (χ4n) is 4.58. The number of nitrogens with one attached hydrogen (secondary N) is 1. The zero-order valence-corrected chi connectivity index (χ0v) is 16.8. The molecule has 1 N–H and O–H groups in total. The molecule has 2 bridgehead atoms. The molecule has 0 spiro atoms. The van der Waals surface area contributed by atoms with E-state index in [-0.39, 0.29) is 11.8 Å². The topological polar surface area (TPSA) is 66.3 Å². The summed E-state index contributed by atoms with van der Waals surface area (Å²) in [6.07, 6.45) is 4.23. The lowest BCUT2D eigenvalue weighted by atomic mass is 9.75. The van der Waals surface area contributed by atoms with Crippen LogP contribution in [0.15, 0.2) is 36.5 Å². The maximum absolute atomic E-state index is 12.8. The predicted octanol–water partition coefficient (Wildman–Crippen LogP) is 1.37. The van der Waals surface area contributed by atoms with Gasteiger partial charge in [-0.2, -0.15) is 0 Å². The maximum atomic E-state index is 12.8. The number of fused-ring (bicyclic) bond motifs is 3. The second-order valence-corrected chi connectivity index (χ2v) is 8.41. The van der Waals surface area contributed by atoms with Crippen LogP contribution in [0.3, 0.4) is 0 Å². The average Bonchev–Trinajstić information content (AvgIpc) is 3.13. The van der Waals surface area contributed by atoms with Gasteiger partial charge in [0, 0.05) is 31.9 Å². The molecule has 4 heterocycles. The Balaban J connectivity index is 1.31. The molecule has 4 unspecified atom stereocenters. The van der Waals surface area contributed by atoms with Gasteiger partial charge < -0.3 is 10.2 Å². The quantitative estimate of drug-likeness (QED) is 0.783. The zero-order chi connectivity index (χ0) is 19.5. The van der Waals surface area contributed by atoms with Gasteiger partial charge in [0.1, 0.15) is 0 Å². The van der Waals surface area contributed by atoms with E-state index < -0.39 is 0 Å². The summed E-state index contributed by atoms with van der Waals surface area (Å²) < 4.78 is 1.97. The lowest BCUT2D eigenvalue weighted by molar-refractivity contribution is -0.133. The first kappa shape index (κ1) is 19.1. The Morgan fingerprint density at radius 3 is 2.82 bits per heavy atom. The Labute approximate surface area is 166 Å². The molecule has 4 atom stereocenters. The van der Waals surface area contributed by atoms with Gasteiger partial charge in [-0.1, -0.05) is 35.5 Å². The summed E-state index contributed by atoms with van der Waals surface area (Å²) >= 11 is 0. The Morgan fingerprint density at radius 2 is 2.11 bits per heavy atom. The number of hydrogen-bond donors (Lipinski definition) is 1. The molecule has 1 aromatic heterocycles. The van der Waals surface area contributed by atoms with Gasteiger partial charge in [0.05, 0.1) is 18.2 Å². The van der Waals surface area contributed by atoms with Crippen LogP contribution >= 0.6 is 0 Å². The van der Waals surface area contributed by atoms with Gasteiger partial charge in [-0.3, -0.25) is 14.4 Å².